The molecule has 148 valence electrons. The highest BCUT2D eigenvalue weighted by atomic mass is 35.5. The molecule has 1 aromatic heterocycles. The third-order valence-electron chi connectivity index (χ3n) is 5.59. The van der Waals surface area contributed by atoms with Crippen LogP contribution in [0.3, 0.4) is 0 Å². The van der Waals surface area contributed by atoms with Crippen LogP contribution < -0.4 is 11.2 Å². The summed E-state index contributed by atoms with van der Waals surface area (Å²) >= 11 is 6.44. The fourth-order valence-corrected chi connectivity index (χ4v) is 4.43. The molecule has 0 bridgehead atoms. The molecule has 1 atom stereocenters. The minimum absolute atomic E-state index is 0.108. The van der Waals surface area contributed by atoms with Crippen LogP contribution in [0.2, 0.25) is 5.02 Å². The van der Waals surface area contributed by atoms with Crippen LogP contribution in [0.4, 0.5) is 0 Å². The third kappa shape index (κ3) is 4.28. The molecule has 0 saturated carbocycles. The van der Waals surface area contributed by atoms with E-state index in [4.69, 9.17) is 11.6 Å². The second-order valence-electron chi connectivity index (χ2n) is 7.65. The van der Waals surface area contributed by atoms with Crippen molar-refractivity contribution in [1.29, 1.82) is 0 Å². The van der Waals surface area contributed by atoms with Gasteiger partial charge in [0.1, 0.15) is 0 Å². The van der Waals surface area contributed by atoms with Crippen LogP contribution in [0, 0.1) is 6.92 Å². The van der Waals surface area contributed by atoms with Gasteiger partial charge >= 0.3 is 5.69 Å². The fraction of sp³-hybridized carbons (Fsp3) is 0.250. The molecule has 2 N–H and O–H groups in total. The number of rotatable bonds is 4. The van der Waals surface area contributed by atoms with Gasteiger partial charge in [0.05, 0.1) is 0 Å². The number of aromatic amines is 2. The van der Waals surface area contributed by atoms with E-state index in [0.717, 1.165) is 46.7 Å². The van der Waals surface area contributed by atoms with Gasteiger partial charge < -0.3 is 4.98 Å². The van der Waals surface area contributed by atoms with Gasteiger partial charge in [-0.05, 0) is 54.5 Å². The van der Waals surface area contributed by atoms with Gasteiger partial charge in [-0.3, -0.25) is 9.78 Å². The summed E-state index contributed by atoms with van der Waals surface area (Å²) in [6, 6.07) is 16.0. The molecule has 2 aromatic carbocycles. The molecule has 1 aliphatic carbocycles. The van der Waals surface area contributed by atoms with Crippen molar-refractivity contribution in [2.45, 2.75) is 38.5 Å². The summed E-state index contributed by atoms with van der Waals surface area (Å²) in [5, 5.41) is 0.768. The van der Waals surface area contributed by atoms with E-state index in [0.29, 0.717) is 12.0 Å². The zero-order valence-corrected chi connectivity index (χ0v) is 17.1. The molecule has 29 heavy (non-hydrogen) atoms. The van der Waals surface area contributed by atoms with E-state index in [2.05, 4.69) is 28.2 Å². The van der Waals surface area contributed by atoms with E-state index in [1.54, 1.807) is 0 Å². The Morgan fingerprint density at radius 1 is 1.07 bits per heavy atom. The summed E-state index contributed by atoms with van der Waals surface area (Å²) in [7, 11) is 0. The molecule has 0 unspecified atom stereocenters. The van der Waals surface area contributed by atoms with Crippen LogP contribution in [0.15, 0.2) is 64.2 Å². The normalized spacial score (nSPS) is 16.5. The lowest BCUT2D eigenvalue weighted by Crippen LogP contribution is -2.30. The minimum Gasteiger partial charge on any atom is -0.311 e. The van der Waals surface area contributed by atoms with E-state index >= 15 is 0 Å². The molecule has 0 saturated heterocycles. The Bertz CT molecular complexity index is 1180. The van der Waals surface area contributed by atoms with Gasteiger partial charge in [-0.1, -0.05) is 60.1 Å². The van der Waals surface area contributed by atoms with E-state index in [9.17, 15) is 9.59 Å². The maximum absolute atomic E-state index is 12.6. The molecule has 0 radical (unpaired) electrons. The molecular weight excluding hydrogens is 384 g/mol. The van der Waals surface area contributed by atoms with Gasteiger partial charge in [0.25, 0.3) is 5.56 Å². The van der Waals surface area contributed by atoms with Crippen molar-refractivity contribution in [3.05, 3.63) is 108 Å². The van der Waals surface area contributed by atoms with Crippen molar-refractivity contribution in [1.82, 2.24) is 9.97 Å². The SMILES string of the molecule is Cc1ccc(C2=CC[C@@H](c3[nH]c(=O)[nH]c(=O)c3Cc3ccccc3)CC2)c(Cl)c1. The summed E-state index contributed by atoms with van der Waals surface area (Å²) < 4.78 is 0. The lowest BCUT2D eigenvalue weighted by molar-refractivity contribution is 0.596. The molecule has 4 rings (SSSR count). The Morgan fingerprint density at radius 3 is 2.55 bits per heavy atom. The molecule has 3 aromatic rings. The molecule has 1 aliphatic rings. The first-order valence-electron chi connectivity index (χ1n) is 9.86. The predicted molar refractivity (Wildman–Crippen MR) is 118 cm³/mol. The second-order valence-corrected chi connectivity index (χ2v) is 8.05. The van der Waals surface area contributed by atoms with E-state index < -0.39 is 5.69 Å². The van der Waals surface area contributed by atoms with Gasteiger partial charge in [-0.15, -0.1) is 0 Å². The lowest BCUT2D eigenvalue weighted by atomic mass is 9.82. The first kappa shape index (κ1) is 19.5. The van der Waals surface area contributed by atoms with Crippen molar-refractivity contribution in [3.63, 3.8) is 0 Å². The van der Waals surface area contributed by atoms with Crippen LogP contribution in [0.25, 0.3) is 5.57 Å². The predicted octanol–water partition coefficient (Wildman–Crippen LogP) is 4.97. The maximum Gasteiger partial charge on any atom is 0.325 e. The Hall–Kier alpha value is -2.85. The van der Waals surface area contributed by atoms with Crippen molar-refractivity contribution < 1.29 is 0 Å². The summed E-state index contributed by atoms with van der Waals surface area (Å²) in [6.07, 6.45) is 5.17. The van der Waals surface area contributed by atoms with Gasteiger partial charge in [0, 0.05) is 28.6 Å². The molecule has 4 nitrogen and oxygen atoms in total. The van der Waals surface area contributed by atoms with E-state index in [1.165, 1.54) is 5.57 Å². The summed E-state index contributed by atoms with van der Waals surface area (Å²) in [4.78, 5) is 29.8. The smallest absolute Gasteiger partial charge is 0.311 e. The highest BCUT2D eigenvalue weighted by Crippen LogP contribution is 2.38. The number of H-pyrrole nitrogens is 2. The monoisotopic (exact) mass is 406 g/mol. The van der Waals surface area contributed by atoms with Crippen LogP contribution >= 0.6 is 11.6 Å². The second kappa shape index (κ2) is 8.26. The summed E-state index contributed by atoms with van der Waals surface area (Å²) in [5.41, 5.74) is 5.13. The van der Waals surface area contributed by atoms with Crippen molar-refractivity contribution in [2.24, 2.45) is 0 Å². The average Bonchev–Trinajstić information content (AvgIpc) is 2.71. The number of benzene rings is 2. The maximum atomic E-state index is 12.6. The topological polar surface area (TPSA) is 65.7 Å². The van der Waals surface area contributed by atoms with Crippen molar-refractivity contribution in [3.8, 4) is 0 Å². The van der Waals surface area contributed by atoms with Crippen LogP contribution in [-0.4, -0.2) is 9.97 Å². The number of nitrogens with one attached hydrogen (secondary N) is 2. The van der Waals surface area contributed by atoms with Crippen molar-refractivity contribution >= 4 is 17.2 Å². The first-order chi connectivity index (χ1) is 14.0. The zero-order valence-electron chi connectivity index (χ0n) is 16.3. The molecule has 0 aliphatic heterocycles. The molecule has 0 amide bonds. The molecule has 5 heteroatoms. The number of hydrogen-bond donors (Lipinski definition) is 2. The lowest BCUT2D eigenvalue weighted by Gasteiger charge is -2.24. The minimum atomic E-state index is -0.446. The number of aromatic nitrogens is 2. The Balaban J connectivity index is 1.65. The quantitative estimate of drug-likeness (QED) is 0.642. The third-order valence-corrected chi connectivity index (χ3v) is 5.90. The fourth-order valence-electron chi connectivity index (χ4n) is 4.08. The van der Waals surface area contributed by atoms with E-state index in [-0.39, 0.29) is 11.5 Å². The van der Waals surface area contributed by atoms with Gasteiger partial charge in [-0.2, -0.15) is 0 Å². The number of hydrogen-bond acceptors (Lipinski definition) is 2. The number of allylic oxidation sites excluding steroid dienone is 2. The zero-order chi connectivity index (χ0) is 20.4. The van der Waals surface area contributed by atoms with Crippen LogP contribution in [0.5, 0.6) is 0 Å². The van der Waals surface area contributed by atoms with Crippen LogP contribution in [0.1, 0.15) is 53.1 Å². The van der Waals surface area contributed by atoms with Gasteiger partial charge in [0.2, 0.25) is 0 Å². The number of aryl methyl sites for hydroxylation is 1. The molecule has 0 fully saturated rings. The van der Waals surface area contributed by atoms with E-state index in [1.807, 2.05) is 43.3 Å². The van der Waals surface area contributed by atoms with Gasteiger partial charge in [0.15, 0.2) is 0 Å². The Kier molecular flexibility index (Phi) is 5.54. The summed E-state index contributed by atoms with van der Waals surface area (Å²) in [6.45, 7) is 2.03. The standard InChI is InChI=1S/C24H23ClN2O2/c1-15-7-12-19(21(25)13-15)17-8-10-18(11-9-17)22-20(23(28)27-24(29)26-22)14-16-5-3-2-4-6-16/h2-8,12-13,18H,9-11,14H2,1H3,(H2,26,27,28,29)/t18-/m1/s1. The highest BCUT2D eigenvalue weighted by molar-refractivity contribution is 6.32. The van der Waals surface area contributed by atoms with Crippen LogP contribution in [-0.2, 0) is 6.42 Å². The Morgan fingerprint density at radius 2 is 1.86 bits per heavy atom. The molecule has 0 spiro atoms. The number of halogens is 1. The van der Waals surface area contributed by atoms with Crippen molar-refractivity contribution in [2.75, 3.05) is 0 Å². The first-order valence-corrected chi connectivity index (χ1v) is 10.2. The molecular formula is C24H23ClN2O2. The Labute approximate surface area is 174 Å². The average molecular weight is 407 g/mol. The molecule has 1 heterocycles. The summed E-state index contributed by atoms with van der Waals surface area (Å²) in [5.74, 6) is 0.108. The highest BCUT2D eigenvalue weighted by Gasteiger charge is 2.23. The largest absolute Gasteiger partial charge is 0.325 e. The van der Waals surface area contributed by atoms with Gasteiger partial charge in [-0.25, -0.2) is 4.79 Å².